The van der Waals surface area contributed by atoms with Gasteiger partial charge in [-0.3, -0.25) is 4.79 Å². The number of halogens is 2. The average Bonchev–Trinajstić information content (AvgIpc) is 2.70. The van der Waals surface area contributed by atoms with Crippen molar-refractivity contribution < 1.29 is 24.6 Å². The number of nitrogens with zero attached hydrogens (tertiary/aromatic N) is 2. The van der Waals surface area contributed by atoms with Crippen LogP contribution in [0.3, 0.4) is 0 Å². The zero-order valence-corrected chi connectivity index (χ0v) is 19.4. The highest BCUT2D eigenvalue weighted by Gasteiger charge is 2.39. The van der Waals surface area contributed by atoms with Crippen molar-refractivity contribution in [3.63, 3.8) is 0 Å². The minimum atomic E-state index is -1.41. The molecular formula is C22H28Cl2N2O5. The van der Waals surface area contributed by atoms with Crippen molar-refractivity contribution in [2.24, 2.45) is 11.8 Å². The van der Waals surface area contributed by atoms with Gasteiger partial charge in [0.2, 0.25) is 5.91 Å². The number of rotatable bonds is 8. The smallest absolute Gasteiger partial charge is 0.332 e. The topological polar surface area (TPSA) is 98.2 Å². The molecule has 0 saturated carbocycles. The van der Waals surface area contributed by atoms with E-state index >= 15 is 0 Å². The van der Waals surface area contributed by atoms with Gasteiger partial charge in [-0.1, -0.05) is 23.2 Å². The van der Waals surface area contributed by atoms with E-state index in [1.165, 1.54) is 4.90 Å². The van der Waals surface area contributed by atoms with Gasteiger partial charge in [-0.25, -0.2) is 9.59 Å². The SMILES string of the molecule is CCN(C(=O)C(/C(=C\C(=O)O)C(=O)O)C1CCN(C(C)C)CC1)c1ccc(Cl)c(Cl)c1. The number of carbonyl (C=O) groups is 3. The number of aliphatic carboxylic acids is 2. The van der Waals surface area contributed by atoms with Crippen molar-refractivity contribution in [1.82, 2.24) is 4.90 Å². The molecule has 170 valence electrons. The summed E-state index contributed by atoms with van der Waals surface area (Å²) in [5.74, 6) is -4.64. The third kappa shape index (κ3) is 6.21. The predicted molar refractivity (Wildman–Crippen MR) is 121 cm³/mol. The summed E-state index contributed by atoms with van der Waals surface area (Å²) >= 11 is 12.1. The summed E-state index contributed by atoms with van der Waals surface area (Å²) in [7, 11) is 0. The third-order valence-corrected chi connectivity index (χ3v) is 6.44. The maximum atomic E-state index is 13.7. The molecule has 1 unspecified atom stereocenters. The van der Waals surface area contributed by atoms with E-state index < -0.39 is 29.3 Å². The molecule has 0 bridgehead atoms. The standard InChI is InChI=1S/C22H28Cl2N2O5/c1-4-26(15-5-6-17(23)18(24)11-15)21(29)20(16(22(30)31)12-19(27)28)14-7-9-25(10-8-14)13(2)3/h5-6,11-14,20H,4,7-10H2,1-3H3,(H,27,28)(H,30,31)/b16-12+. The molecule has 0 aromatic heterocycles. The summed E-state index contributed by atoms with van der Waals surface area (Å²) in [6.07, 6.45) is 1.83. The van der Waals surface area contributed by atoms with Gasteiger partial charge in [0.05, 0.1) is 21.5 Å². The van der Waals surface area contributed by atoms with Crippen molar-refractivity contribution in [2.75, 3.05) is 24.5 Å². The first-order valence-corrected chi connectivity index (χ1v) is 11.0. The fourth-order valence-corrected chi connectivity index (χ4v) is 4.35. The largest absolute Gasteiger partial charge is 0.478 e. The van der Waals surface area contributed by atoms with Crippen molar-refractivity contribution >= 4 is 46.7 Å². The Morgan fingerprint density at radius 3 is 2.23 bits per heavy atom. The van der Waals surface area contributed by atoms with Crippen LogP contribution in [0.15, 0.2) is 29.8 Å². The second kappa shape index (κ2) is 11.0. The third-order valence-electron chi connectivity index (χ3n) is 5.70. The van der Waals surface area contributed by atoms with Gasteiger partial charge in [-0.2, -0.15) is 0 Å². The maximum absolute atomic E-state index is 13.7. The highest BCUT2D eigenvalue weighted by atomic mass is 35.5. The van der Waals surface area contributed by atoms with Crippen molar-refractivity contribution in [3.8, 4) is 0 Å². The van der Waals surface area contributed by atoms with Crippen LogP contribution >= 0.6 is 23.2 Å². The monoisotopic (exact) mass is 470 g/mol. The molecule has 2 N–H and O–H groups in total. The van der Waals surface area contributed by atoms with E-state index in [4.69, 9.17) is 23.2 Å². The number of amides is 1. The first-order chi connectivity index (χ1) is 14.6. The van der Waals surface area contributed by atoms with Gasteiger partial charge in [-0.15, -0.1) is 0 Å². The van der Waals surface area contributed by atoms with Crippen LogP contribution in [-0.4, -0.2) is 58.6 Å². The fraction of sp³-hybridized carbons (Fsp3) is 0.500. The van der Waals surface area contributed by atoms with E-state index in [9.17, 15) is 24.6 Å². The number of hydrogen-bond acceptors (Lipinski definition) is 4. The molecule has 1 aliphatic rings. The molecule has 31 heavy (non-hydrogen) atoms. The summed E-state index contributed by atoms with van der Waals surface area (Å²) < 4.78 is 0. The highest BCUT2D eigenvalue weighted by Crippen LogP contribution is 2.35. The first kappa shape index (κ1) is 25.2. The van der Waals surface area contributed by atoms with Crippen LogP contribution in [0.1, 0.15) is 33.6 Å². The van der Waals surface area contributed by atoms with E-state index in [1.807, 2.05) is 0 Å². The van der Waals surface area contributed by atoms with Crippen LogP contribution in [0.25, 0.3) is 0 Å². The summed E-state index contributed by atoms with van der Waals surface area (Å²) in [6.45, 7) is 7.62. The number of carboxylic acids is 2. The van der Waals surface area contributed by atoms with Gasteiger partial charge < -0.3 is 20.0 Å². The zero-order chi connectivity index (χ0) is 23.3. The fourth-order valence-electron chi connectivity index (χ4n) is 4.06. The summed E-state index contributed by atoms with van der Waals surface area (Å²) in [5.41, 5.74) is 0.0746. The zero-order valence-electron chi connectivity index (χ0n) is 17.8. The molecule has 1 amide bonds. The van der Waals surface area contributed by atoms with Crippen LogP contribution in [0.2, 0.25) is 10.0 Å². The van der Waals surface area contributed by atoms with Crippen LogP contribution in [0.4, 0.5) is 5.69 Å². The van der Waals surface area contributed by atoms with E-state index in [-0.39, 0.29) is 17.5 Å². The van der Waals surface area contributed by atoms with Crippen molar-refractivity contribution in [2.45, 2.75) is 39.7 Å². The number of carbonyl (C=O) groups excluding carboxylic acids is 1. The Hall–Kier alpha value is -2.09. The van der Waals surface area contributed by atoms with Crippen molar-refractivity contribution in [3.05, 3.63) is 39.9 Å². The molecule has 1 aromatic rings. The van der Waals surface area contributed by atoms with E-state index in [1.54, 1.807) is 25.1 Å². The minimum Gasteiger partial charge on any atom is -0.478 e. The summed E-state index contributed by atoms with van der Waals surface area (Å²) in [6, 6.07) is 5.09. The Balaban J connectivity index is 2.47. The van der Waals surface area contributed by atoms with Crippen LogP contribution in [-0.2, 0) is 14.4 Å². The Labute approximate surface area is 192 Å². The lowest BCUT2D eigenvalue weighted by Crippen LogP contribution is -2.46. The minimum absolute atomic E-state index is 0.262. The molecule has 2 rings (SSSR count). The number of anilines is 1. The number of hydrogen-bond donors (Lipinski definition) is 2. The Kier molecular flexibility index (Phi) is 8.91. The summed E-state index contributed by atoms with van der Waals surface area (Å²) in [5, 5.41) is 19.6. The molecule has 1 aliphatic heterocycles. The Bertz CT molecular complexity index is 863. The highest BCUT2D eigenvalue weighted by molar-refractivity contribution is 6.42. The lowest BCUT2D eigenvalue weighted by atomic mass is 9.78. The number of likely N-dealkylation sites (tertiary alicyclic amines) is 1. The van der Waals surface area contributed by atoms with Crippen molar-refractivity contribution in [1.29, 1.82) is 0 Å². The maximum Gasteiger partial charge on any atom is 0.332 e. The second-order valence-corrected chi connectivity index (χ2v) is 8.68. The second-order valence-electron chi connectivity index (χ2n) is 7.87. The van der Waals surface area contributed by atoms with Gasteiger partial charge in [0.1, 0.15) is 0 Å². The molecule has 0 spiro atoms. The molecule has 1 fully saturated rings. The van der Waals surface area contributed by atoms with Gasteiger partial charge in [-0.05, 0) is 70.8 Å². The van der Waals surface area contributed by atoms with Crippen LogP contribution in [0.5, 0.6) is 0 Å². The molecule has 9 heteroatoms. The Morgan fingerprint density at radius 2 is 1.77 bits per heavy atom. The summed E-state index contributed by atoms with van der Waals surface area (Å²) in [4.78, 5) is 40.7. The normalized spacial score (nSPS) is 16.9. The molecule has 1 aromatic carbocycles. The lowest BCUT2D eigenvalue weighted by Gasteiger charge is -2.39. The van der Waals surface area contributed by atoms with Gasteiger partial charge in [0, 0.05) is 24.4 Å². The molecule has 1 atom stereocenters. The van der Waals surface area contributed by atoms with E-state index in [0.29, 0.717) is 48.8 Å². The first-order valence-electron chi connectivity index (χ1n) is 10.2. The van der Waals surface area contributed by atoms with Gasteiger partial charge in [0.25, 0.3) is 0 Å². The number of benzene rings is 1. The van der Waals surface area contributed by atoms with E-state index in [0.717, 1.165) is 0 Å². The lowest BCUT2D eigenvalue weighted by molar-refractivity contribution is -0.137. The van der Waals surface area contributed by atoms with E-state index in [2.05, 4.69) is 18.7 Å². The molecular weight excluding hydrogens is 443 g/mol. The average molecular weight is 471 g/mol. The van der Waals surface area contributed by atoms with Crippen LogP contribution in [0, 0.1) is 11.8 Å². The molecule has 0 radical (unpaired) electrons. The molecule has 1 saturated heterocycles. The van der Waals surface area contributed by atoms with Gasteiger partial charge >= 0.3 is 11.9 Å². The molecule has 7 nitrogen and oxygen atoms in total. The molecule has 0 aliphatic carbocycles. The quantitative estimate of drug-likeness (QED) is 0.552. The van der Waals surface area contributed by atoms with Gasteiger partial charge in [0.15, 0.2) is 0 Å². The molecule has 1 heterocycles. The number of piperidine rings is 1. The van der Waals surface area contributed by atoms with Crippen LogP contribution < -0.4 is 4.90 Å². The Morgan fingerprint density at radius 1 is 1.16 bits per heavy atom. The number of carboxylic acid groups (broad SMARTS) is 2. The predicted octanol–water partition coefficient (Wildman–Crippen LogP) is 4.18.